The molecule has 0 aliphatic heterocycles. The first-order chi connectivity index (χ1) is 15.4. The number of nitrogens with zero attached hydrogens (tertiary/aromatic N) is 2. The molecular formula is C28H25FeN2P+2. The van der Waals surface area contributed by atoms with Crippen LogP contribution < -0.4 is 10.6 Å². The van der Waals surface area contributed by atoms with Crippen LogP contribution in [0.3, 0.4) is 0 Å². The molecule has 0 amide bonds. The van der Waals surface area contributed by atoms with Gasteiger partial charge in [-0.25, -0.2) is 0 Å². The molecule has 2 fully saturated rings. The van der Waals surface area contributed by atoms with Gasteiger partial charge in [0.2, 0.25) is 0 Å². The molecule has 10 radical (unpaired) electrons. The molecule has 2 nitrogen and oxygen atoms in total. The van der Waals surface area contributed by atoms with Crippen molar-refractivity contribution in [2.75, 3.05) is 0 Å². The van der Waals surface area contributed by atoms with Gasteiger partial charge in [-0.05, 0) is 80.5 Å². The van der Waals surface area contributed by atoms with Crippen molar-refractivity contribution in [2.24, 2.45) is 4.74 Å². The van der Waals surface area contributed by atoms with Crippen LogP contribution in [-0.4, -0.2) is 4.98 Å². The monoisotopic (exact) mass is 476 g/mol. The van der Waals surface area contributed by atoms with Gasteiger partial charge in [-0.3, -0.25) is 9.73 Å². The summed E-state index contributed by atoms with van der Waals surface area (Å²) in [5, 5.41) is 2.54. The second-order valence-electron chi connectivity index (χ2n) is 7.03. The van der Waals surface area contributed by atoms with Crippen molar-refractivity contribution in [1.29, 1.82) is 0 Å². The summed E-state index contributed by atoms with van der Waals surface area (Å²) in [4.78, 5) is 4.47. The zero-order valence-electron chi connectivity index (χ0n) is 17.7. The molecule has 32 heavy (non-hydrogen) atoms. The number of hydrogen-bond acceptors (Lipinski definition) is 2. The van der Waals surface area contributed by atoms with E-state index in [0.717, 1.165) is 5.69 Å². The van der Waals surface area contributed by atoms with Crippen molar-refractivity contribution in [1.82, 2.24) is 4.98 Å². The average molecular weight is 476 g/mol. The van der Waals surface area contributed by atoms with Gasteiger partial charge in [0.15, 0.2) is 0 Å². The van der Waals surface area contributed by atoms with E-state index in [1.54, 1.807) is 0 Å². The third kappa shape index (κ3) is 6.22. The second kappa shape index (κ2) is 13.1. The third-order valence-corrected chi connectivity index (χ3v) is 8.71. The normalized spacial score (nSPS) is 16.0. The Bertz CT molecular complexity index is 899. The molecule has 1 aromatic heterocycles. The molecule has 0 N–H and O–H groups in total. The number of aromatic nitrogens is 1. The van der Waals surface area contributed by atoms with Gasteiger partial charge in [0, 0.05) is 18.9 Å². The summed E-state index contributed by atoms with van der Waals surface area (Å²) >= 11 is 0. The van der Waals surface area contributed by atoms with Crippen LogP contribution in [0.5, 0.6) is 0 Å². The second-order valence-corrected chi connectivity index (χ2v) is 10.1. The Kier molecular flexibility index (Phi) is 10.3. The minimum Gasteiger partial charge on any atom is -0.287 e. The number of benzene rings is 2. The van der Waals surface area contributed by atoms with Gasteiger partial charge < -0.3 is 0 Å². The summed E-state index contributed by atoms with van der Waals surface area (Å²) in [7, 11) is -2.09. The van der Waals surface area contributed by atoms with Crippen molar-refractivity contribution in [3.63, 3.8) is 0 Å². The maximum absolute atomic E-state index is 5.36. The van der Waals surface area contributed by atoms with Crippen LogP contribution in [0.15, 0.2) is 89.8 Å². The average Bonchev–Trinajstić information content (AvgIpc) is 3.59. The van der Waals surface area contributed by atoms with Crippen LogP contribution in [-0.2, 0) is 23.6 Å². The van der Waals surface area contributed by atoms with Crippen molar-refractivity contribution in [3.05, 3.63) is 154 Å². The smallest absolute Gasteiger partial charge is 0.287 e. The molecule has 0 unspecified atom stereocenters. The number of hydrogen-bond donors (Lipinski definition) is 0. The molecule has 4 heteroatoms. The van der Waals surface area contributed by atoms with E-state index in [1.807, 2.05) is 56.5 Å². The fourth-order valence-corrected chi connectivity index (χ4v) is 7.10. The van der Waals surface area contributed by atoms with Crippen LogP contribution in [0, 0.1) is 63.4 Å². The molecular weight excluding hydrogens is 451 g/mol. The van der Waals surface area contributed by atoms with Crippen LogP contribution >= 0.6 is 7.05 Å². The predicted octanol–water partition coefficient (Wildman–Crippen LogP) is 5.82. The molecule has 2 aliphatic rings. The molecule has 0 atom stereocenters. The molecule has 1 heterocycles. The Morgan fingerprint density at radius 3 is 1.56 bits per heavy atom. The Labute approximate surface area is 204 Å². The summed E-state index contributed by atoms with van der Waals surface area (Å²) in [6.07, 6.45) is 20.4. The van der Waals surface area contributed by atoms with Gasteiger partial charge in [0.25, 0.3) is 0 Å². The fourth-order valence-electron chi connectivity index (χ4n) is 3.55. The van der Waals surface area contributed by atoms with E-state index in [0.29, 0.717) is 6.54 Å². The molecule has 3 aromatic rings. The van der Waals surface area contributed by atoms with Crippen LogP contribution in [0.2, 0.25) is 0 Å². The van der Waals surface area contributed by atoms with E-state index in [2.05, 4.69) is 91.3 Å². The Balaban J connectivity index is 0.000000427. The third-order valence-electron chi connectivity index (χ3n) is 5.01. The standard InChI is InChI=1S/C23H20N2P.C5H5.Fe/c1-3-12-21(13-4-1)26(23-16-7-8-17-23,22-14-5-2-6-15-22)25-19-20-11-9-10-18-24-20;1-2-4-5-3-1;/h1-18H,19H2;1-5H;/q;;+2. The summed E-state index contributed by atoms with van der Waals surface area (Å²) in [5.41, 5.74) is 2.28. The minimum atomic E-state index is -2.09. The Morgan fingerprint density at radius 2 is 1.09 bits per heavy atom. The van der Waals surface area contributed by atoms with E-state index in [4.69, 9.17) is 4.74 Å². The predicted molar refractivity (Wildman–Crippen MR) is 131 cm³/mol. The minimum absolute atomic E-state index is 0. The van der Waals surface area contributed by atoms with E-state index in [9.17, 15) is 0 Å². The fraction of sp³-hybridized carbons (Fsp3) is 0.0357. The largest absolute Gasteiger partial charge is 2.00 e. The van der Waals surface area contributed by atoms with Crippen LogP contribution in [0.4, 0.5) is 0 Å². The van der Waals surface area contributed by atoms with E-state index >= 15 is 0 Å². The molecule has 158 valence electrons. The molecule has 0 bridgehead atoms. The van der Waals surface area contributed by atoms with Gasteiger partial charge in [-0.1, -0.05) is 66.7 Å². The quantitative estimate of drug-likeness (QED) is 0.337. The van der Waals surface area contributed by atoms with Gasteiger partial charge in [0.1, 0.15) is 0 Å². The van der Waals surface area contributed by atoms with E-state index in [1.165, 1.54) is 16.3 Å². The van der Waals surface area contributed by atoms with Gasteiger partial charge in [0.05, 0.1) is 12.2 Å². The van der Waals surface area contributed by atoms with Crippen LogP contribution in [0.25, 0.3) is 0 Å². The first-order valence-electron chi connectivity index (χ1n) is 10.4. The number of pyridine rings is 1. The summed E-state index contributed by atoms with van der Waals surface area (Å²) in [6.45, 7) is 0.601. The Hall–Kier alpha value is -1.66. The van der Waals surface area contributed by atoms with Crippen molar-refractivity contribution < 1.29 is 17.1 Å². The maximum atomic E-state index is 5.36. The van der Waals surface area contributed by atoms with Gasteiger partial charge in [-0.2, -0.15) is 0 Å². The van der Waals surface area contributed by atoms with E-state index in [-0.39, 0.29) is 17.1 Å². The van der Waals surface area contributed by atoms with Gasteiger partial charge >= 0.3 is 17.1 Å². The summed E-state index contributed by atoms with van der Waals surface area (Å²) in [6, 6.07) is 27.4. The molecule has 2 aliphatic carbocycles. The van der Waals surface area contributed by atoms with E-state index < -0.39 is 7.05 Å². The molecule has 2 saturated carbocycles. The first kappa shape index (κ1) is 25.0. The molecule has 0 spiro atoms. The SMILES string of the molecule is [CH]1[CH][CH][CH][CH]1.[CH]1[CH][CH][C](P(=NCc2ccccn2)(c2ccccc2)c2ccccc2)[CH]1.[Fe+2]. The van der Waals surface area contributed by atoms with Crippen molar-refractivity contribution in [2.45, 2.75) is 6.54 Å². The van der Waals surface area contributed by atoms with Crippen molar-refractivity contribution in [3.8, 4) is 0 Å². The molecule has 5 rings (SSSR count). The summed E-state index contributed by atoms with van der Waals surface area (Å²) in [5.74, 6) is 0. The first-order valence-corrected chi connectivity index (χ1v) is 12.1. The van der Waals surface area contributed by atoms with Gasteiger partial charge in [-0.15, -0.1) is 0 Å². The molecule has 0 saturated heterocycles. The maximum Gasteiger partial charge on any atom is 2.00 e. The zero-order valence-corrected chi connectivity index (χ0v) is 19.7. The number of rotatable bonds is 5. The Morgan fingerprint density at radius 1 is 0.594 bits per heavy atom. The molecule has 2 aromatic carbocycles. The van der Waals surface area contributed by atoms with Crippen LogP contribution in [0.1, 0.15) is 5.69 Å². The topological polar surface area (TPSA) is 25.2 Å². The zero-order chi connectivity index (χ0) is 21.2. The van der Waals surface area contributed by atoms with Crippen molar-refractivity contribution >= 4 is 17.7 Å². The summed E-state index contributed by atoms with van der Waals surface area (Å²) < 4.78 is 5.36.